The van der Waals surface area contributed by atoms with Gasteiger partial charge < -0.3 is 19.8 Å². The van der Waals surface area contributed by atoms with Crippen molar-refractivity contribution in [2.75, 3.05) is 0 Å². The van der Waals surface area contributed by atoms with Gasteiger partial charge in [-0.3, -0.25) is 0 Å². The first-order valence-corrected chi connectivity index (χ1v) is 7.96. The van der Waals surface area contributed by atoms with Crippen LogP contribution in [0.5, 0.6) is 5.75 Å². The molecule has 0 aliphatic rings. The maximum Gasteiger partial charge on any atom is 0.466 e. The van der Waals surface area contributed by atoms with E-state index in [2.05, 4.69) is 6.92 Å². The van der Waals surface area contributed by atoms with Crippen LogP contribution in [0.4, 0.5) is 0 Å². The average Bonchev–Trinajstić information content (AvgIpc) is 2.29. The number of rotatable bonds is 6. The summed E-state index contributed by atoms with van der Waals surface area (Å²) in [7, 11) is -4.64. The highest BCUT2D eigenvalue weighted by atomic mass is 31.2. The zero-order valence-electron chi connectivity index (χ0n) is 11.2. The Kier molecular flexibility index (Phi) is 9.53. The third-order valence-electron chi connectivity index (χ3n) is 2.54. The minimum absolute atomic E-state index is 0.447. The van der Waals surface area contributed by atoms with Gasteiger partial charge in [-0.2, -0.15) is 0 Å². The van der Waals surface area contributed by atoms with E-state index in [4.69, 9.17) is 19.2 Å². The predicted molar refractivity (Wildman–Crippen MR) is 74.8 cm³/mol. The largest absolute Gasteiger partial charge is 0.508 e. The second kappa shape index (κ2) is 9.98. The van der Waals surface area contributed by atoms with Gasteiger partial charge in [-0.25, -0.2) is 4.57 Å². The Labute approximate surface area is 114 Å². The van der Waals surface area contributed by atoms with Gasteiger partial charge in [0, 0.05) is 0 Å². The van der Waals surface area contributed by atoms with E-state index in [1.54, 1.807) is 6.07 Å². The van der Waals surface area contributed by atoms with Crippen molar-refractivity contribution in [3.8, 4) is 5.75 Å². The zero-order valence-corrected chi connectivity index (χ0v) is 12.1. The molecule has 0 aliphatic heterocycles. The molecule has 0 saturated heterocycles. The molecular formula is C13H23O5P. The third-order valence-corrected chi connectivity index (χ3v) is 2.54. The number of aromatic hydroxyl groups is 1. The molecule has 1 aromatic rings. The highest BCUT2D eigenvalue weighted by molar-refractivity contribution is 7.45. The molecular weight excluding hydrogens is 267 g/mol. The van der Waals surface area contributed by atoms with Crippen LogP contribution in [0, 0.1) is 0 Å². The molecule has 1 rings (SSSR count). The topological polar surface area (TPSA) is 98.0 Å². The first-order valence-electron chi connectivity index (χ1n) is 6.39. The van der Waals surface area contributed by atoms with Crippen LogP contribution >= 0.6 is 7.82 Å². The van der Waals surface area contributed by atoms with E-state index in [0.717, 1.165) is 12.0 Å². The van der Waals surface area contributed by atoms with Crippen LogP contribution < -0.4 is 0 Å². The molecule has 19 heavy (non-hydrogen) atoms. The van der Waals surface area contributed by atoms with Crippen molar-refractivity contribution < 1.29 is 24.4 Å². The normalized spacial score (nSPS) is 10.7. The van der Waals surface area contributed by atoms with Crippen molar-refractivity contribution in [1.29, 1.82) is 0 Å². The van der Waals surface area contributed by atoms with Crippen LogP contribution in [-0.4, -0.2) is 19.8 Å². The van der Waals surface area contributed by atoms with Crippen molar-refractivity contribution >= 4 is 7.82 Å². The van der Waals surface area contributed by atoms with Gasteiger partial charge in [0.2, 0.25) is 0 Å². The summed E-state index contributed by atoms with van der Waals surface area (Å²) in [4.78, 5) is 21.6. The monoisotopic (exact) mass is 290 g/mol. The Hall–Kier alpha value is -0.870. The van der Waals surface area contributed by atoms with E-state index in [1.165, 1.54) is 32.1 Å². The molecule has 0 heterocycles. The molecule has 0 radical (unpaired) electrons. The first-order chi connectivity index (χ1) is 8.84. The maximum absolute atomic E-state index is 9.51. The van der Waals surface area contributed by atoms with Gasteiger partial charge >= 0.3 is 7.82 Å². The second-order valence-electron chi connectivity index (χ2n) is 4.31. The fourth-order valence-electron chi connectivity index (χ4n) is 1.64. The molecule has 0 atom stereocenters. The number of phenolic OH excluding ortho intramolecular Hbond substituents is 1. The third kappa shape index (κ3) is 13.4. The molecule has 1 aromatic carbocycles. The summed E-state index contributed by atoms with van der Waals surface area (Å²) in [6.07, 6.45) is 7.43. The predicted octanol–water partition coefficient (Wildman–Crippen LogP) is 2.98. The summed E-state index contributed by atoms with van der Waals surface area (Å²) < 4.78 is 8.88. The number of hydrogen-bond acceptors (Lipinski definition) is 2. The van der Waals surface area contributed by atoms with E-state index in [1.807, 2.05) is 18.2 Å². The highest BCUT2D eigenvalue weighted by Crippen LogP contribution is 2.25. The smallest absolute Gasteiger partial charge is 0.466 e. The van der Waals surface area contributed by atoms with Crippen molar-refractivity contribution in [2.24, 2.45) is 0 Å². The zero-order chi connectivity index (χ0) is 14.7. The van der Waals surface area contributed by atoms with E-state index < -0.39 is 7.82 Å². The average molecular weight is 290 g/mol. The van der Waals surface area contributed by atoms with Gasteiger partial charge in [-0.15, -0.1) is 0 Å². The lowest BCUT2D eigenvalue weighted by Gasteiger charge is -2.03. The lowest BCUT2D eigenvalue weighted by molar-refractivity contribution is 0.275. The fourth-order valence-corrected chi connectivity index (χ4v) is 1.64. The standard InChI is InChI=1S/C13H20O.H3O4P/c1-2-3-4-5-6-9-12-10-7-8-11-13(12)14;1-5(2,3)4/h7-8,10-11,14H,2-6,9H2,1H3;(H3,1,2,3,4). The maximum atomic E-state index is 9.51. The summed E-state index contributed by atoms with van der Waals surface area (Å²) in [6.45, 7) is 2.23. The van der Waals surface area contributed by atoms with Crippen LogP contribution in [0.15, 0.2) is 24.3 Å². The molecule has 5 nitrogen and oxygen atoms in total. The number of para-hydroxylation sites is 1. The van der Waals surface area contributed by atoms with Gasteiger partial charge in [0.25, 0.3) is 0 Å². The van der Waals surface area contributed by atoms with Gasteiger partial charge in [0.05, 0.1) is 0 Å². The van der Waals surface area contributed by atoms with E-state index in [0.29, 0.717) is 5.75 Å². The molecule has 0 aliphatic carbocycles. The number of benzene rings is 1. The van der Waals surface area contributed by atoms with E-state index >= 15 is 0 Å². The van der Waals surface area contributed by atoms with Crippen LogP contribution in [0.2, 0.25) is 0 Å². The Bertz CT molecular complexity index is 380. The molecule has 0 fully saturated rings. The van der Waals surface area contributed by atoms with Crippen LogP contribution in [0.1, 0.15) is 44.6 Å². The fraction of sp³-hybridized carbons (Fsp3) is 0.538. The summed E-state index contributed by atoms with van der Waals surface area (Å²) in [5, 5.41) is 9.51. The van der Waals surface area contributed by atoms with Crippen molar-refractivity contribution in [3.05, 3.63) is 29.8 Å². The van der Waals surface area contributed by atoms with Crippen molar-refractivity contribution in [3.63, 3.8) is 0 Å². The number of phosphoric acid groups is 1. The number of phenols is 1. The minimum atomic E-state index is -4.64. The van der Waals surface area contributed by atoms with Gasteiger partial charge in [0.15, 0.2) is 0 Å². The molecule has 0 aromatic heterocycles. The van der Waals surface area contributed by atoms with Crippen molar-refractivity contribution in [2.45, 2.75) is 45.4 Å². The molecule has 0 spiro atoms. The Morgan fingerprint density at radius 3 is 2.05 bits per heavy atom. The summed E-state index contributed by atoms with van der Waals surface area (Å²) >= 11 is 0. The second-order valence-corrected chi connectivity index (χ2v) is 5.33. The number of aryl methyl sites for hydroxylation is 1. The van der Waals surface area contributed by atoms with Gasteiger partial charge in [-0.05, 0) is 24.5 Å². The van der Waals surface area contributed by atoms with Crippen LogP contribution in [0.25, 0.3) is 0 Å². The summed E-state index contributed by atoms with van der Waals surface area (Å²) in [5.74, 6) is 0.447. The van der Waals surface area contributed by atoms with E-state index in [-0.39, 0.29) is 0 Å². The Morgan fingerprint density at radius 2 is 1.53 bits per heavy atom. The van der Waals surface area contributed by atoms with Crippen LogP contribution in [0.3, 0.4) is 0 Å². The first kappa shape index (κ1) is 18.1. The Morgan fingerprint density at radius 1 is 1.00 bits per heavy atom. The van der Waals surface area contributed by atoms with Gasteiger partial charge in [-0.1, -0.05) is 50.8 Å². The number of unbranched alkanes of at least 4 members (excludes halogenated alkanes) is 4. The minimum Gasteiger partial charge on any atom is -0.508 e. The lowest BCUT2D eigenvalue weighted by atomic mass is 10.0. The quantitative estimate of drug-likeness (QED) is 0.477. The molecule has 0 unspecified atom stereocenters. The number of hydrogen-bond donors (Lipinski definition) is 4. The van der Waals surface area contributed by atoms with Gasteiger partial charge in [0.1, 0.15) is 5.75 Å². The molecule has 4 N–H and O–H groups in total. The molecule has 0 saturated carbocycles. The molecule has 6 heteroatoms. The SMILES string of the molecule is CCCCCCCc1ccccc1O.O=P(O)(O)O. The van der Waals surface area contributed by atoms with Crippen LogP contribution in [-0.2, 0) is 11.0 Å². The summed E-state index contributed by atoms with van der Waals surface area (Å²) in [5.41, 5.74) is 1.09. The molecule has 0 bridgehead atoms. The molecule has 0 amide bonds. The molecule has 110 valence electrons. The summed E-state index contributed by atoms with van der Waals surface area (Å²) in [6, 6.07) is 7.63. The highest BCUT2D eigenvalue weighted by Gasteiger charge is 2.00. The lowest BCUT2D eigenvalue weighted by Crippen LogP contribution is -1.86. The Balaban J connectivity index is 0.000000555. The van der Waals surface area contributed by atoms with Crippen molar-refractivity contribution in [1.82, 2.24) is 0 Å². The van der Waals surface area contributed by atoms with E-state index in [9.17, 15) is 5.11 Å².